The van der Waals surface area contributed by atoms with Crippen molar-refractivity contribution >= 4 is 17.8 Å². The number of anilines is 1. The molecule has 0 aliphatic carbocycles. The summed E-state index contributed by atoms with van der Waals surface area (Å²) in [5.74, 6) is 2.09. The molecule has 0 radical (unpaired) electrons. The van der Waals surface area contributed by atoms with Gasteiger partial charge in [0.15, 0.2) is 6.11 Å². The zero-order valence-electron chi connectivity index (χ0n) is 33.0. The first-order valence-corrected chi connectivity index (χ1v) is 19.6. The molecule has 2 amide bonds. The van der Waals surface area contributed by atoms with Crippen molar-refractivity contribution in [3.05, 3.63) is 91.0 Å². The molecular weight excluding hydrogens is 721 g/mol. The van der Waals surface area contributed by atoms with Gasteiger partial charge in [0.25, 0.3) is 0 Å². The van der Waals surface area contributed by atoms with Crippen LogP contribution in [0, 0.1) is 24.0 Å². The third kappa shape index (κ3) is 8.79. The smallest absolute Gasteiger partial charge is 0.246 e. The van der Waals surface area contributed by atoms with Crippen LogP contribution >= 0.6 is 0 Å². The number of H-pyrrole nitrogens is 2. The molecule has 0 unspecified atom stereocenters. The van der Waals surface area contributed by atoms with Crippen LogP contribution in [0.2, 0.25) is 0 Å². The van der Waals surface area contributed by atoms with Gasteiger partial charge in [0.05, 0.1) is 49.0 Å². The maximum atomic E-state index is 13.8. The summed E-state index contributed by atoms with van der Waals surface area (Å²) in [6.07, 6.45) is 12.9. The van der Waals surface area contributed by atoms with Crippen LogP contribution in [0.3, 0.4) is 0 Å². The number of carbonyl (C=O) groups is 2. The van der Waals surface area contributed by atoms with Crippen LogP contribution < -0.4 is 10.6 Å². The Morgan fingerprint density at radius 2 is 1.19 bits per heavy atom. The molecule has 2 fully saturated rings. The second-order valence-electron chi connectivity index (χ2n) is 15.2. The van der Waals surface area contributed by atoms with Gasteiger partial charge >= 0.3 is 0 Å². The Bertz CT molecular complexity index is 2170. The Kier molecular flexibility index (Phi) is 12.1. The fourth-order valence-electron chi connectivity index (χ4n) is 7.69. The maximum absolute atomic E-state index is 13.8. The van der Waals surface area contributed by atoms with Crippen molar-refractivity contribution < 1.29 is 19.4 Å². The molecule has 0 bridgehead atoms. The third-order valence-corrected chi connectivity index (χ3v) is 10.7. The maximum Gasteiger partial charge on any atom is 0.246 e. The number of imidazole rings is 2. The molecule has 4 atom stereocenters. The Morgan fingerprint density at radius 3 is 1.67 bits per heavy atom. The minimum absolute atomic E-state index is 0.0172. The van der Waals surface area contributed by atoms with Gasteiger partial charge in [-0.05, 0) is 65.8 Å². The number of rotatable bonds is 13. The summed E-state index contributed by atoms with van der Waals surface area (Å²) in [7, 11) is 1.37. The van der Waals surface area contributed by atoms with Crippen LogP contribution in [0.5, 0.6) is 0 Å². The molecule has 3 aromatic heterocycles. The minimum Gasteiger partial charge on any atom is -0.342 e. The van der Waals surface area contributed by atoms with Gasteiger partial charge in [0, 0.05) is 25.5 Å². The van der Waals surface area contributed by atoms with Gasteiger partial charge in [-0.3, -0.25) is 14.5 Å². The van der Waals surface area contributed by atoms with Crippen LogP contribution in [0.1, 0.15) is 77.1 Å². The van der Waals surface area contributed by atoms with Crippen molar-refractivity contribution in [1.82, 2.24) is 45.0 Å². The first-order valence-electron chi connectivity index (χ1n) is 19.6. The number of aromatic nitrogens is 6. The Morgan fingerprint density at radius 1 is 0.719 bits per heavy atom. The summed E-state index contributed by atoms with van der Waals surface area (Å²) in [6.45, 7) is 9.36. The second-order valence-corrected chi connectivity index (χ2v) is 15.2. The highest BCUT2D eigenvalue weighted by Crippen LogP contribution is 2.35. The molecule has 2 aliphatic rings. The fourth-order valence-corrected chi connectivity index (χ4v) is 7.69. The highest BCUT2D eigenvalue weighted by molar-refractivity contribution is 5.85. The van der Waals surface area contributed by atoms with Crippen molar-refractivity contribution in [2.75, 3.05) is 25.5 Å². The number of nitrogens with one attached hydrogen (secondary N) is 4. The van der Waals surface area contributed by atoms with Crippen molar-refractivity contribution in [3.63, 3.8) is 0 Å². The van der Waals surface area contributed by atoms with Crippen LogP contribution in [-0.2, 0) is 19.4 Å². The predicted molar refractivity (Wildman–Crippen MR) is 216 cm³/mol. The number of aromatic amines is 2. The van der Waals surface area contributed by atoms with Crippen molar-refractivity contribution in [3.8, 4) is 45.8 Å². The van der Waals surface area contributed by atoms with E-state index in [-0.39, 0.29) is 35.7 Å². The number of likely N-dealkylation sites (tertiary alicyclic amines) is 2. The number of hydrogen-bond donors (Lipinski definition) is 4. The zero-order valence-corrected chi connectivity index (χ0v) is 33.0. The van der Waals surface area contributed by atoms with Crippen LogP contribution in [-0.4, -0.2) is 83.8 Å². The topological polar surface area (TPSA) is 166 Å². The van der Waals surface area contributed by atoms with Crippen molar-refractivity contribution in [2.45, 2.75) is 77.5 Å². The molecular formula is C43H50N10O4. The van der Waals surface area contributed by atoms with Crippen molar-refractivity contribution in [2.24, 2.45) is 11.8 Å². The molecule has 0 spiro atoms. The van der Waals surface area contributed by atoms with Gasteiger partial charge in [-0.2, -0.15) is 4.89 Å². The van der Waals surface area contributed by atoms with E-state index in [0.717, 1.165) is 71.0 Å². The van der Waals surface area contributed by atoms with Gasteiger partial charge in [-0.25, -0.2) is 19.9 Å². The molecule has 4 N–H and O–H groups in total. The van der Waals surface area contributed by atoms with E-state index in [2.05, 4.69) is 101 Å². The molecule has 14 nitrogen and oxygen atoms in total. The summed E-state index contributed by atoms with van der Waals surface area (Å²) in [5.41, 5.74) is 6.00. The average molecular weight is 771 g/mol. The normalized spacial score (nSPS) is 17.7. The van der Waals surface area contributed by atoms with Gasteiger partial charge in [-0.1, -0.05) is 76.2 Å². The molecule has 2 saturated heterocycles. The quantitative estimate of drug-likeness (QED) is 0.0450. The van der Waals surface area contributed by atoms with E-state index in [1.807, 2.05) is 49.9 Å². The standard InChI is InChI=1S/C43H50N10O4/c1-27(2)37(44-21-24-57-56-5)41(54)52-22-6-9-35(52)39-47-25-33(49-39)31-15-11-29(12-16-31)30-13-17-32(18-14-30)34-26-48-40(50-34)36-10-7-23-53(36)42(55)38(28(3)4)51-43-45-19-8-20-46-43/h8,11-20,25-28,35-38,44H,6-7,9-10,22-23H2,1-5H3,(H,47,49)(H,48,50)(H,45,46,51)/t35-,36-,37-,38-/m0/s1. The lowest BCUT2D eigenvalue weighted by molar-refractivity contribution is -0.209. The van der Waals surface area contributed by atoms with E-state index in [0.29, 0.717) is 19.0 Å². The number of benzene rings is 2. The number of amides is 2. The molecule has 0 saturated carbocycles. The predicted octanol–water partition coefficient (Wildman–Crippen LogP) is 6.50. The third-order valence-electron chi connectivity index (χ3n) is 10.7. The summed E-state index contributed by atoms with van der Waals surface area (Å²) >= 11 is 0. The number of hydrogen-bond acceptors (Lipinski definition) is 10. The van der Waals surface area contributed by atoms with E-state index in [9.17, 15) is 9.59 Å². The van der Waals surface area contributed by atoms with Crippen LogP contribution in [0.15, 0.2) is 79.4 Å². The highest BCUT2D eigenvalue weighted by atomic mass is 17.2. The first-order chi connectivity index (χ1) is 27.7. The zero-order chi connectivity index (χ0) is 39.9. The molecule has 296 valence electrons. The second kappa shape index (κ2) is 17.7. The van der Waals surface area contributed by atoms with E-state index >= 15 is 0 Å². The summed E-state index contributed by atoms with van der Waals surface area (Å²) in [4.78, 5) is 65.4. The summed E-state index contributed by atoms with van der Waals surface area (Å²) in [6, 6.07) is 20.0. The van der Waals surface area contributed by atoms with Gasteiger partial charge in [-0.15, -0.1) is 0 Å². The van der Waals surface area contributed by atoms with Crippen LogP contribution in [0.25, 0.3) is 33.6 Å². The monoisotopic (exact) mass is 770 g/mol. The first kappa shape index (κ1) is 39.1. The highest BCUT2D eigenvalue weighted by Gasteiger charge is 2.38. The van der Waals surface area contributed by atoms with E-state index in [1.54, 1.807) is 18.5 Å². The lowest BCUT2D eigenvalue weighted by Gasteiger charge is -2.30. The van der Waals surface area contributed by atoms with Gasteiger partial charge < -0.3 is 30.4 Å². The van der Waals surface area contributed by atoms with E-state index in [4.69, 9.17) is 9.97 Å². The molecule has 57 heavy (non-hydrogen) atoms. The van der Waals surface area contributed by atoms with Crippen LogP contribution in [0.4, 0.5) is 5.95 Å². The van der Waals surface area contributed by atoms with E-state index < -0.39 is 12.1 Å². The number of nitrogens with zero attached hydrogens (tertiary/aromatic N) is 6. The lowest BCUT2D eigenvalue weighted by atomic mass is 10.0. The SMILES string of the molecule is COOC#CN[C@H](C(=O)N1CCC[C@H]1c1ncc(-c2ccc(-c3ccc(-c4cnc([C@@H]5CCCN5C(=O)[C@@H](Nc5ncccn5)C(C)C)[nH]4)cc3)cc2)[nH]1)C(C)C. The average Bonchev–Trinajstić information content (AvgIpc) is 4.07. The minimum atomic E-state index is -0.491. The number of carbonyl (C=O) groups excluding carboxylic acids is 2. The summed E-state index contributed by atoms with van der Waals surface area (Å²) < 4.78 is 0. The van der Waals surface area contributed by atoms with E-state index in [1.165, 1.54) is 7.11 Å². The fraction of sp³-hybridized carbons (Fsp3) is 0.395. The van der Waals surface area contributed by atoms with Gasteiger partial charge in [0.1, 0.15) is 23.7 Å². The Labute approximate surface area is 333 Å². The lowest BCUT2D eigenvalue weighted by Crippen LogP contribution is -2.47. The Balaban J connectivity index is 0.990. The van der Waals surface area contributed by atoms with Gasteiger partial charge in [0.2, 0.25) is 17.8 Å². The largest absolute Gasteiger partial charge is 0.342 e. The molecule has 7 rings (SSSR count). The van der Waals surface area contributed by atoms with Crippen molar-refractivity contribution in [1.29, 1.82) is 0 Å². The molecule has 5 aromatic rings. The molecule has 2 aliphatic heterocycles. The Hall–Kier alpha value is -6.20. The molecule has 5 heterocycles. The molecule has 2 aromatic carbocycles. The summed E-state index contributed by atoms with van der Waals surface area (Å²) in [5, 5.41) is 6.23. The molecule has 14 heteroatoms.